The number of primary amides is 1. The fourth-order valence-corrected chi connectivity index (χ4v) is 3.02. The molecule has 0 radical (unpaired) electrons. The molecule has 0 saturated heterocycles. The molecule has 2 aromatic rings. The van der Waals surface area contributed by atoms with Gasteiger partial charge in [0.25, 0.3) is 0 Å². The number of benzene rings is 1. The molecule has 6 heteroatoms. The van der Waals surface area contributed by atoms with E-state index in [9.17, 15) is 9.59 Å². The van der Waals surface area contributed by atoms with E-state index in [1.54, 1.807) is 23.5 Å². The molecule has 1 heterocycles. The summed E-state index contributed by atoms with van der Waals surface area (Å²) in [7, 11) is 3.89. The second kappa shape index (κ2) is 7.39. The van der Waals surface area contributed by atoms with Crippen LogP contribution in [0.5, 0.6) is 0 Å². The van der Waals surface area contributed by atoms with Crippen LogP contribution >= 0.6 is 11.3 Å². The maximum absolute atomic E-state index is 12.5. The van der Waals surface area contributed by atoms with E-state index in [2.05, 4.69) is 5.32 Å². The van der Waals surface area contributed by atoms with Crippen LogP contribution in [0.1, 0.15) is 33.6 Å². The number of rotatable bonds is 6. The number of amides is 2. The molecular weight excluding hydrogens is 310 g/mol. The van der Waals surface area contributed by atoms with Crippen molar-refractivity contribution in [2.45, 2.75) is 19.4 Å². The van der Waals surface area contributed by atoms with Gasteiger partial charge in [0, 0.05) is 22.7 Å². The van der Waals surface area contributed by atoms with Gasteiger partial charge in [-0.3, -0.25) is 9.59 Å². The van der Waals surface area contributed by atoms with Crippen LogP contribution in [-0.2, 0) is 11.3 Å². The molecule has 5 nitrogen and oxygen atoms in total. The van der Waals surface area contributed by atoms with E-state index >= 15 is 0 Å². The van der Waals surface area contributed by atoms with E-state index < -0.39 is 5.91 Å². The van der Waals surface area contributed by atoms with Crippen molar-refractivity contribution in [3.8, 4) is 0 Å². The third kappa shape index (κ3) is 4.40. The number of thiophene rings is 1. The summed E-state index contributed by atoms with van der Waals surface area (Å²) in [5, 5.41) is 4.88. The number of nitrogens with one attached hydrogen (secondary N) is 1. The largest absolute Gasteiger partial charge is 0.366 e. The standard InChI is InChI=1S/C17H21N3O2S/c1-11(15-5-4-8-23-15)17(22)19-14-9-12(16(18)21)6-7-13(14)10-20(2)3/h4-9,11H,10H2,1-3H3,(H2,18,21)(H,19,22)/t11-/m1/s1. The quantitative estimate of drug-likeness (QED) is 0.854. The lowest BCUT2D eigenvalue weighted by Gasteiger charge is -2.17. The normalized spacial score (nSPS) is 12.2. The predicted octanol–water partition coefficient (Wildman–Crippen LogP) is 2.65. The van der Waals surface area contributed by atoms with Crippen LogP contribution in [0.2, 0.25) is 0 Å². The van der Waals surface area contributed by atoms with Gasteiger partial charge in [-0.05, 0) is 50.2 Å². The topological polar surface area (TPSA) is 75.4 Å². The lowest BCUT2D eigenvalue weighted by molar-refractivity contribution is -0.117. The van der Waals surface area contributed by atoms with Gasteiger partial charge in [-0.15, -0.1) is 11.3 Å². The number of nitrogens with two attached hydrogens (primary N) is 1. The fourth-order valence-electron chi connectivity index (χ4n) is 2.23. The summed E-state index contributed by atoms with van der Waals surface area (Å²) < 4.78 is 0. The zero-order valence-electron chi connectivity index (χ0n) is 13.5. The highest BCUT2D eigenvalue weighted by Crippen LogP contribution is 2.25. The van der Waals surface area contributed by atoms with Crippen molar-refractivity contribution in [3.05, 3.63) is 51.7 Å². The first-order chi connectivity index (χ1) is 10.9. The Hall–Kier alpha value is -2.18. The molecule has 0 aliphatic carbocycles. The number of hydrogen-bond donors (Lipinski definition) is 2. The molecule has 122 valence electrons. The van der Waals surface area contributed by atoms with Crippen LogP contribution in [0.3, 0.4) is 0 Å². The Balaban J connectivity index is 2.26. The maximum atomic E-state index is 12.5. The maximum Gasteiger partial charge on any atom is 0.248 e. The smallest absolute Gasteiger partial charge is 0.248 e. The highest BCUT2D eigenvalue weighted by molar-refractivity contribution is 7.10. The molecule has 0 aliphatic heterocycles. The van der Waals surface area contributed by atoms with Crippen LogP contribution in [0.25, 0.3) is 0 Å². The molecule has 1 atom stereocenters. The monoisotopic (exact) mass is 331 g/mol. The van der Waals surface area contributed by atoms with Gasteiger partial charge in [0.05, 0.1) is 5.92 Å². The van der Waals surface area contributed by atoms with Gasteiger partial charge < -0.3 is 16.0 Å². The zero-order valence-corrected chi connectivity index (χ0v) is 14.3. The number of carbonyl (C=O) groups excluding carboxylic acids is 2. The molecule has 1 aromatic heterocycles. The Bertz CT molecular complexity index is 696. The molecule has 23 heavy (non-hydrogen) atoms. The molecule has 1 aromatic carbocycles. The fraction of sp³-hybridized carbons (Fsp3) is 0.294. The van der Waals surface area contributed by atoms with Crippen molar-refractivity contribution in [3.63, 3.8) is 0 Å². The molecule has 0 saturated carbocycles. The summed E-state index contributed by atoms with van der Waals surface area (Å²) in [6.45, 7) is 2.52. The molecule has 0 fully saturated rings. The number of hydrogen-bond acceptors (Lipinski definition) is 4. The van der Waals surface area contributed by atoms with E-state index in [1.165, 1.54) is 0 Å². The highest BCUT2D eigenvalue weighted by Gasteiger charge is 2.18. The summed E-state index contributed by atoms with van der Waals surface area (Å²) in [6, 6.07) is 9.01. The predicted molar refractivity (Wildman–Crippen MR) is 93.7 cm³/mol. The Labute approximate surface area is 140 Å². The van der Waals surface area contributed by atoms with Crippen LogP contribution in [0, 0.1) is 0 Å². The summed E-state index contributed by atoms with van der Waals surface area (Å²) in [5.74, 6) is -0.864. The van der Waals surface area contributed by atoms with Crippen molar-refractivity contribution in [1.82, 2.24) is 4.90 Å². The summed E-state index contributed by atoms with van der Waals surface area (Å²) in [4.78, 5) is 26.9. The molecule has 2 amide bonds. The zero-order chi connectivity index (χ0) is 17.0. The molecule has 0 bridgehead atoms. The van der Waals surface area contributed by atoms with Crippen molar-refractivity contribution < 1.29 is 9.59 Å². The van der Waals surface area contributed by atoms with Gasteiger partial charge in [-0.1, -0.05) is 12.1 Å². The third-order valence-corrected chi connectivity index (χ3v) is 4.56. The summed E-state index contributed by atoms with van der Waals surface area (Å²) >= 11 is 1.55. The minimum Gasteiger partial charge on any atom is -0.366 e. The Morgan fingerprint density at radius 1 is 1.30 bits per heavy atom. The average Bonchev–Trinajstić information content (AvgIpc) is 3.01. The minimum atomic E-state index is -0.511. The summed E-state index contributed by atoms with van der Waals surface area (Å²) in [6.07, 6.45) is 0. The van der Waals surface area contributed by atoms with Gasteiger partial charge in [0.2, 0.25) is 11.8 Å². The van der Waals surface area contributed by atoms with Crippen molar-refractivity contribution in [2.24, 2.45) is 5.73 Å². The molecule has 2 rings (SSSR count). The molecule has 0 aliphatic rings. The first-order valence-electron chi connectivity index (χ1n) is 7.30. The van der Waals surface area contributed by atoms with Crippen molar-refractivity contribution in [1.29, 1.82) is 0 Å². The first-order valence-corrected chi connectivity index (χ1v) is 8.18. The molecular formula is C17H21N3O2S. The second-order valence-corrected chi connectivity index (χ2v) is 6.68. The SMILES string of the molecule is C[C@@H](C(=O)Nc1cc(C(N)=O)ccc1CN(C)C)c1cccs1. The third-order valence-electron chi connectivity index (χ3n) is 3.50. The Morgan fingerprint density at radius 3 is 2.61 bits per heavy atom. The average molecular weight is 331 g/mol. The van der Waals surface area contributed by atoms with Gasteiger partial charge in [0.15, 0.2) is 0 Å². The van der Waals surface area contributed by atoms with Crippen molar-refractivity contribution >= 4 is 28.8 Å². The van der Waals surface area contributed by atoms with Crippen LogP contribution in [0.4, 0.5) is 5.69 Å². The van der Waals surface area contributed by atoms with E-state index in [-0.39, 0.29) is 11.8 Å². The number of anilines is 1. The Kier molecular flexibility index (Phi) is 5.52. The van der Waals surface area contributed by atoms with E-state index in [0.717, 1.165) is 10.4 Å². The van der Waals surface area contributed by atoms with Gasteiger partial charge in [-0.2, -0.15) is 0 Å². The van der Waals surface area contributed by atoms with E-state index in [4.69, 9.17) is 5.73 Å². The van der Waals surface area contributed by atoms with E-state index in [1.807, 2.05) is 49.5 Å². The van der Waals surface area contributed by atoms with Crippen LogP contribution in [0.15, 0.2) is 35.7 Å². The lowest BCUT2D eigenvalue weighted by atomic mass is 10.1. The van der Waals surface area contributed by atoms with E-state index in [0.29, 0.717) is 17.8 Å². The molecule has 0 spiro atoms. The first kappa shape index (κ1) is 17.2. The number of nitrogens with zero attached hydrogens (tertiary/aromatic N) is 1. The highest BCUT2D eigenvalue weighted by atomic mass is 32.1. The van der Waals surface area contributed by atoms with Crippen LogP contribution < -0.4 is 11.1 Å². The molecule has 3 N–H and O–H groups in total. The summed E-state index contributed by atoms with van der Waals surface area (Å²) in [5.41, 5.74) is 7.29. The van der Waals surface area contributed by atoms with Gasteiger partial charge >= 0.3 is 0 Å². The second-order valence-electron chi connectivity index (χ2n) is 5.70. The van der Waals surface area contributed by atoms with Gasteiger partial charge in [-0.25, -0.2) is 0 Å². The minimum absolute atomic E-state index is 0.103. The van der Waals surface area contributed by atoms with Crippen LogP contribution in [-0.4, -0.2) is 30.8 Å². The Morgan fingerprint density at radius 2 is 2.04 bits per heavy atom. The van der Waals surface area contributed by atoms with Crippen molar-refractivity contribution in [2.75, 3.05) is 19.4 Å². The number of carbonyl (C=O) groups is 2. The van der Waals surface area contributed by atoms with Gasteiger partial charge in [0.1, 0.15) is 0 Å². The molecule has 0 unspecified atom stereocenters. The lowest BCUT2D eigenvalue weighted by Crippen LogP contribution is -2.21.